The van der Waals surface area contributed by atoms with E-state index < -0.39 is 11.8 Å². The van der Waals surface area contributed by atoms with E-state index in [0.717, 1.165) is 11.3 Å². The Morgan fingerprint density at radius 1 is 1.23 bits per heavy atom. The second-order valence-electron chi connectivity index (χ2n) is 6.19. The molecule has 0 aliphatic carbocycles. The van der Waals surface area contributed by atoms with Gasteiger partial charge in [0, 0.05) is 6.54 Å². The van der Waals surface area contributed by atoms with Crippen LogP contribution in [0.5, 0.6) is 5.75 Å². The third kappa shape index (κ3) is 3.96. The Bertz CT molecular complexity index is 958. The summed E-state index contributed by atoms with van der Waals surface area (Å²) < 4.78 is 12.2. The predicted octanol–water partition coefficient (Wildman–Crippen LogP) is 3.05. The Kier molecular flexibility index (Phi) is 5.41. The van der Waals surface area contributed by atoms with Crippen LogP contribution < -0.4 is 15.8 Å². The zero-order chi connectivity index (χ0) is 18.5. The van der Waals surface area contributed by atoms with E-state index in [1.807, 2.05) is 31.2 Å². The van der Waals surface area contributed by atoms with Gasteiger partial charge in [-0.2, -0.15) is 0 Å². The number of carbonyl (C=O) groups excluding carboxylic acids is 1. The lowest BCUT2D eigenvalue weighted by Gasteiger charge is -2.13. The van der Waals surface area contributed by atoms with Crippen molar-refractivity contribution in [2.24, 2.45) is 0 Å². The van der Waals surface area contributed by atoms with Crippen LogP contribution in [0.1, 0.15) is 24.9 Å². The molecule has 1 heterocycles. The molecule has 0 aliphatic rings. The van der Waals surface area contributed by atoms with Crippen molar-refractivity contribution < 1.29 is 13.9 Å². The number of amides is 1. The van der Waals surface area contributed by atoms with Gasteiger partial charge in [-0.3, -0.25) is 9.36 Å². The van der Waals surface area contributed by atoms with Gasteiger partial charge in [0.1, 0.15) is 11.8 Å². The predicted molar refractivity (Wildman–Crippen MR) is 99.5 cm³/mol. The van der Waals surface area contributed by atoms with Crippen LogP contribution in [-0.4, -0.2) is 23.6 Å². The molecule has 2 aromatic carbocycles. The van der Waals surface area contributed by atoms with Crippen molar-refractivity contribution in [2.45, 2.75) is 26.3 Å². The summed E-state index contributed by atoms with van der Waals surface area (Å²) in [5.41, 5.74) is 2.23. The molecule has 136 valence electrons. The highest BCUT2D eigenvalue weighted by atomic mass is 16.5. The van der Waals surface area contributed by atoms with Crippen molar-refractivity contribution in [3.63, 3.8) is 0 Å². The Hall–Kier alpha value is -3.02. The molecule has 0 spiro atoms. The average Bonchev–Trinajstić information content (AvgIpc) is 2.96. The van der Waals surface area contributed by atoms with Crippen LogP contribution >= 0.6 is 0 Å². The maximum absolute atomic E-state index is 12.4. The molecule has 6 heteroatoms. The van der Waals surface area contributed by atoms with Crippen molar-refractivity contribution >= 4 is 17.0 Å². The molecule has 0 radical (unpaired) electrons. The molecule has 0 aliphatic heterocycles. The summed E-state index contributed by atoms with van der Waals surface area (Å²) in [5.74, 6) is 0.0620. The van der Waals surface area contributed by atoms with E-state index in [-0.39, 0.29) is 5.91 Å². The summed E-state index contributed by atoms with van der Waals surface area (Å²) in [5, 5.41) is 2.84. The number of benzene rings is 2. The summed E-state index contributed by atoms with van der Waals surface area (Å²) in [6.07, 6.45) is 0.674. The zero-order valence-electron chi connectivity index (χ0n) is 14.9. The number of nitrogens with zero attached hydrogens (tertiary/aromatic N) is 1. The van der Waals surface area contributed by atoms with Gasteiger partial charge in [0.15, 0.2) is 5.58 Å². The fourth-order valence-electron chi connectivity index (χ4n) is 2.79. The van der Waals surface area contributed by atoms with E-state index >= 15 is 0 Å². The SMILES string of the molecule is Cc1cccc(OCCCNC(=O)[C@@H](C)n2c(=O)oc3ccccc32)c1. The molecule has 1 aromatic heterocycles. The largest absolute Gasteiger partial charge is 0.494 e. The van der Waals surface area contributed by atoms with Gasteiger partial charge in [-0.15, -0.1) is 0 Å². The number of para-hydroxylation sites is 2. The normalized spacial score (nSPS) is 12.1. The molecule has 3 rings (SSSR count). The number of fused-ring (bicyclic) bond motifs is 1. The molecule has 6 nitrogen and oxygen atoms in total. The molecule has 3 aromatic rings. The van der Waals surface area contributed by atoms with Crippen molar-refractivity contribution in [3.8, 4) is 5.75 Å². The molecular formula is C20H22N2O4. The van der Waals surface area contributed by atoms with Gasteiger partial charge in [0.25, 0.3) is 0 Å². The summed E-state index contributed by atoms with van der Waals surface area (Å²) in [4.78, 5) is 24.4. The lowest BCUT2D eigenvalue weighted by Crippen LogP contribution is -2.35. The van der Waals surface area contributed by atoms with Gasteiger partial charge in [-0.05, 0) is 50.1 Å². The monoisotopic (exact) mass is 354 g/mol. The number of nitrogens with one attached hydrogen (secondary N) is 1. The highest BCUT2D eigenvalue weighted by Crippen LogP contribution is 2.16. The first-order valence-corrected chi connectivity index (χ1v) is 8.63. The number of aromatic nitrogens is 1. The lowest BCUT2D eigenvalue weighted by molar-refractivity contribution is -0.123. The van der Waals surface area contributed by atoms with Crippen molar-refractivity contribution in [3.05, 3.63) is 64.6 Å². The average molecular weight is 354 g/mol. The van der Waals surface area contributed by atoms with Gasteiger partial charge in [-0.25, -0.2) is 4.79 Å². The molecule has 1 N–H and O–H groups in total. The topological polar surface area (TPSA) is 73.5 Å². The number of ether oxygens (including phenoxy) is 1. The van der Waals surface area contributed by atoms with Crippen LogP contribution in [0.3, 0.4) is 0 Å². The smallest absolute Gasteiger partial charge is 0.420 e. The number of carbonyl (C=O) groups is 1. The van der Waals surface area contributed by atoms with Crippen LogP contribution in [0.4, 0.5) is 0 Å². The van der Waals surface area contributed by atoms with E-state index in [2.05, 4.69) is 5.32 Å². The highest BCUT2D eigenvalue weighted by Gasteiger charge is 2.20. The second-order valence-corrected chi connectivity index (χ2v) is 6.19. The van der Waals surface area contributed by atoms with Crippen LogP contribution in [-0.2, 0) is 4.79 Å². The molecule has 0 bridgehead atoms. The van der Waals surface area contributed by atoms with E-state index in [1.54, 1.807) is 31.2 Å². The zero-order valence-corrected chi connectivity index (χ0v) is 14.9. The molecule has 26 heavy (non-hydrogen) atoms. The minimum absolute atomic E-state index is 0.228. The molecule has 0 saturated carbocycles. The first-order chi connectivity index (χ1) is 12.6. The summed E-state index contributed by atoms with van der Waals surface area (Å²) in [7, 11) is 0. The van der Waals surface area contributed by atoms with Crippen molar-refractivity contribution in [1.29, 1.82) is 0 Å². The Morgan fingerprint density at radius 3 is 2.85 bits per heavy atom. The Balaban J connectivity index is 1.51. The summed E-state index contributed by atoms with van der Waals surface area (Å²) in [6.45, 7) is 4.67. The van der Waals surface area contributed by atoms with Gasteiger partial charge in [-0.1, -0.05) is 24.3 Å². The van der Waals surface area contributed by atoms with E-state index in [4.69, 9.17) is 9.15 Å². The number of aryl methyl sites for hydroxylation is 1. The molecule has 1 atom stereocenters. The van der Waals surface area contributed by atoms with Crippen molar-refractivity contribution in [2.75, 3.05) is 13.2 Å². The lowest BCUT2D eigenvalue weighted by atomic mass is 10.2. The molecule has 0 saturated heterocycles. The van der Waals surface area contributed by atoms with Crippen LogP contribution in [0.25, 0.3) is 11.1 Å². The van der Waals surface area contributed by atoms with Gasteiger partial charge >= 0.3 is 5.76 Å². The minimum Gasteiger partial charge on any atom is -0.494 e. The second kappa shape index (κ2) is 7.91. The fraction of sp³-hybridized carbons (Fsp3) is 0.300. The maximum Gasteiger partial charge on any atom is 0.420 e. The number of oxazole rings is 1. The van der Waals surface area contributed by atoms with Crippen LogP contribution in [0.15, 0.2) is 57.7 Å². The Morgan fingerprint density at radius 2 is 2.04 bits per heavy atom. The third-order valence-corrected chi connectivity index (χ3v) is 4.16. The van der Waals surface area contributed by atoms with Crippen molar-refractivity contribution in [1.82, 2.24) is 9.88 Å². The third-order valence-electron chi connectivity index (χ3n) is 4.16. The van der Waals surface area contributed by atoms with Crippen LogP contribution in [0.2, 0.25) is 0 Å². The van der Waals surface area contributed by atoms with E-state index in [0.29, 0.717) is 30.7 Å². The quantitative estimate of drug-likeness (QED) is 0.662. The highest BCUT2D eigenvalue weighted by molar-refractivity contribution is 5.82. The number of hydrogen-bond donors (Lipinski definition) is 1. The molecule has 0 fully saturated rings. The van der Waals surface area contributed by atoms with Gasteiger partial charge < -0.3 is 14.5 Å². The minimum atomic E-state index is -0.649. The summed E-state index contributed by atoms with van der Waals surface area (Å²) >= 11 is 0. The van der Waals surface area contributed by atoms with Gasteiger partial charge in [0.05, 0.1) is 12.1 Å². The van der Waals surface area contributed by atoms with Gasteiger partial charge in [0.2, 0.25) is 5.91 Å². The number of rotatable bonds is 7. The Labute approximate surface area is 151 Å². The summed E-state index contributed by atoms with van der Waals surface area (Å²) in [6, 6.07) is 14.2. The first-order valence-electron chi connectivity index (χ1n) is 8.63. The maximum atomic E-state index is 12.4. The number of hydrogen-bond acceptors (Lipinski definition) is 4. The standard InChI is InChI=1S/C20H22N2O4/c1-14-7-5-8-16(13-14)25-12-6-11-21-19(23)15(2)22-17-9-3-4-10-18(17)26-20(22)24/h3-5,7-10,13,15H,6,11-12H2,1-2H3,(H,21,23)/t15-/m1/s1. The van der Waals surface area contributed by atoms with E-state index in [1.165, 1.54) is 4.57 Å². The fourth-order valence-corrected chi connectivity index (χ4v) is 2.79. The van der Waals surface area contributed by atoms with Crippen LogP contribution in [0, 0.1) is 6.92 Å². The van der Waals surface area contributed by atoms with E-state index in [9.17, 15) is 9.59 Å². The first kappa shape index (κ1) is 17.8. The molecule has 1 amide bonds. The molecule has 0 unspecified atom stereocenters. The molecular weight excluding hydrogens is 332 g/mol.